The van der Waals surface area contributed by atoms with Gasteiger partial charge in [-0.15, -0.1) is 0 Å². The summed E-state index contributed by atoms with van der Waals surface area (Å²) >= 11 is 0. The summed E-state index contributed by atoms with van der Waals surface area (Å²) in [5.41, 5.74) is 0.0648. The van der Waals surface area contributed by atoms with Gasteiger partial charge in [-0.3, -0.25) is 0 Å². The van der Waals surface area contributed by atoms with E-state index in [1.165, 1.54) is 19.9 Å². The van der Waals surface area contributed by atoms with Crippen LogP contribution in [0.2, 0.25) is 0 Å². The van der Waals surface area contributed by atoms with Gasteiger partial charge in [-0.05, 0) is 18.9 Å². The molecular weight excluding hydrogens is 202 g/mol. The number of halogens is 1. The van der Waals surface area contributed by atoms with E-state index in [2.05, 4.69) is 34.6 Å². The molecule has 0 saturated heterocycles. The summed E-state index contributed by atoms with van der Waals surface area (Å²) in [7, 11) is 6.64. The molecule has 4 heteroatoms. The molecule has 0 spiro atoms. The zero-order chi connectivity index (χ0) is 11.1. The van der Waals surface area contributed by atoms with Gasteiger partial charge < -0.3 is 26.8 Å². The SMILES string of the molecule is C=C(C)C(=O)[O-].CCC[N+](C)(C)C.[Cl-]. The zero-order valence-electron chi connectivity index (χ0n) is 9.76. The highest BCUT2D eigenvalue weighted by molar-refractivity contribution is 5.82. The molecular formula is C10H21ClNO2-. The van der Waals surface area contributed by atoms with Gasteiger partial charge in [0.25, 0.3) is 0 Å². The van der Waals surface area contributed by atoms with Crippen LogP contribution in [0.15, 0.2) is 12.2 Å². The first-order chi connectivity index (χ1) is 5.70. The van der Waals surface area contributed by atoms with Crippen LogP contribution in [-0.2, 0) is 4.79 Å². The molecule has 0 saturated carbocycles. The maximum atomic E-state index is 9.49. The van der Waals surface area contributed by atoms with Crippen LogP contribution in [0.1, 0.15) is 20.3 Å². The van der Waals surface area contributed by atoms with E-state index in [9.17, 15) is 9.90 Å². The maximum Gasteiger partial charge on any atom is 0.0777 e. The van der Waals surface area contributed by atoms with E-state index in [-0.39, 0.29) is 18.0 Å². The number of hydrogen-bond donors (Lipinski definition) is 0. The summed E-state index contributed by atoms with van der Waals surface area (Å²) < 4.78 is 1.09. The lowest BCUT2D eigenvalue weighted by Gasteiger charge is -2.22. The highest BCUT2D eigenvalue weighted by Gasteiger charge is 2.01. The van der Waals surface area contributed by atoms with E-state index in [0.717, 1.165) is 4.48 Å². The van der Waals surface area contributed by atoms with Crippen LogP contribution in [0, 0.1) is 0 Å². The minimum atomic E-state index is -1.19. The van der Waals surface area contributed by atoms with Gasteiger partial charge in [0.15, 0.2) is 0 Å². The molecule has 0 aliphatic rings. The standard InChI is InChI=1S/C6H16N.C4H6O2.ClH/c1-5-6-7(2,3)4;1-3(2)4(5)6;/h5-6H2,1-4H3;1H2,2H3,(H,5,6);1H/q+1;;/p-2. The van der Waals surface area contributed by atoms with Crippen LogP contribution in [0.25, 0.3) is 0 Å². The fourth-order valence-electron chi connectivity index (χ4n) is 0.671. The van der Waals surface area contributed by atoms with Crippen molar-refractivity contribution in [3.63, 3.8) is 0 Å². The number of nitrogens with zero attached hydrogens (tertiary/aromatic N) is 1. The van der Waals surface area contributed by atoms with Crippen molar-refractivity contribution in [3.8, 4) is 0 Å². The number of carbonyl (C=O) groups is 1. The second kappa shape index (κ2) is 9.03. The molecule has 0 amide bonds. The van der Waals surface area contributed by atoms with Crippen molar-refractivity contribution in [1.29, 1.82) is 0 Å². The average Bonchev–Trinajstić information content (AvgIpc) is 1.85. The van der Waals surface area contributed by atoms with Crippen LogP contribution in [-0.4, -0.2) is 38.1 Å². The summed E-state index contributed by atoms with van der Waals surface area (Å²) in [5, 5.41) is 9.49. The molecule has 0 radical (unpaired) electrons. The molecule has 0 bridgehead atoms. The van der Waals surface area contributed by atoms with Gasteiger partial charge in [-0.2, -0.15) is 0 Å². The van der Waals surface area contributed by atoms with Crippen LogP contribution >= 0.6 is 0 Å². The van der Waals surface area contributed by atoms with Crippen molar-refractivity contribution in [1.82, 2.24) is 0 Å². The molecule has 0 unspecified atom stereocenters. The number of quaternary nitrogens is 1. The fraction of sp³-hybridized carbons (Fsp3) is 0.700. The molecule has 0 atom stereocenters. The van der Waals surface area contributed by atoms with Gasteiger partial charge in [-0.1, -0.05) is 13.5 Å². The monoisotopic (exact) mass is 222 g/mol. The summed E-state index contributed by atoms with van der Waals surface area (Å²) in [6.45, 7) is 7.97. The largest absolute Gasteiger partial charge is 1.00 e. The molecule has 14 heavy (non-hydrogen) atoms. The molecule has 0 aliphatic carbocycles. The lowest BCUT2D eigenvalue weighted by Crippen LogP contribution is -3.00. The molecule has 0 heterocycles. The van der Waals surface area contributed by atoms with E-state index in [1.807, 2.05) is 0 Å². The molecule has 0 aromatic carbocycles. The maximum absolute atomic E-state index is 9.49. The topological polar surface area (TPSA) is 40.1 Å². The molecule has 86 valence electrons. The first-order valence-electron chi connectivity index (χ1n) is 4.38. The first kappa shape index (κ1) is 19.1. The quantitative estimate of drug-likeness (QED) is 0.389. The smallest absolute Gasteiger partial charge is 0.0777 e. The second-order valence-corrected chi connectivity index (χ2v) is 4.08. The average molecular weight is 223 g/mol. The third-order valence-corrected chi connectivity index (χ3v) is 1.24. The number of carbonyl (C=O) groups excluding carboxylic acids is 1. The van der Waals surface area contributed by atoms with Gasteiger partial charge in [-0.25, -0.2) is 0 Å². The number of carboxylic acid groups (broad SMARTS) is 1. The van der Waals surface area contributed by atoms with Crippen molar-refractivity contribution in [2.24, 2.45) is 0 Å². The summed E-state index contributed by atoms with van der Waals surface area (Å²) in [6, 6.07) is 0. The normalized spacial score (nSPS) is 9.21. The zero-order valence-corrected chi connectivity index (χ0v) is 10.5. The Morgan fingerprint density at radius 3 is 1.64 bits per heavy atom. The minimum absolute atomic E-state index is 0. The van der Waals surface area contributed by atoms with Crippen LogP contribution in [0.4, 0.5) is 0 Å². The molecule has 0 aliphatic heterocycles. The van der Waals surface area contributed by atoms with Crippen LogP contribution in [0.5, 0.6) is 0 Å². The van der Waals surface area contributed by atoms with Crippen molar-refractivity contribution in [3.05, 3.63) is 12.2 Å². The Hall–Kier alpha value is -0.540. The summed E-state index contributed by atoms with van der Waals surface area (Å²) in [4.78, 5) is 9.49. The molecule has 0 fully saturated rings. The molecule has 0 aromatic heterocycles. The highest BCUT2D eigenvalue weighted by atomic mass is 35.5. The van der Waals surface area contributed by atoms with E-state index in [1.54, 1.807) is 0 Å². The lowest BCUT2D eigenvalue weighted by atomic mass is 10.4. The number of aliphatic carboxylic acids is 1. The molecule has 0 aromatic rings. The van der Waals surface area contributed by atoms with Crippen molar-refractivity contribution < 1.29 is 26.8 Å². The van der Waals surface area contributed by atoms with Crippen molar-refractivity contribution >= 4 is 5.97 Å². The number of carboxylic acids is 1. The molecule has 0 rings (SSSR count). The van der Waals surface area contributed by atoms with Crippen molar-refractivity contribution in [2.75, 3.05) is 27.7 Å². The predicted octanol–water partition coefficient (Wildman–Crippen LogP) is -2.58. The predicted molar refractivity (Wildman–Crippen MR) is 53.0 cm³/mol. The van der Waals surface area contributed by atoms with E-state index < -0.39 is 5.97 Å². The minimum Gasteiger partial charge on any atom is -1.00 e. The number of hydrogen-bond acceptors (Lipinski definition) is 2. The number of rotatable bonds is 3. The second-order valence-electron chi connectivity index (χ2n) is 4.08. The van der Waals surface area contributed by atoms with Gasteiger partial charge in [0.1, 0.15) is 0 Å². The van der Waals surface area contributed by atoms with Gasteiger partial charge >= 0.3 is 0 Å². The third-order valence-electron chi connectivity index (χ3n) is 1.24. The Bertz CT molecular complexity index is 161. The van der Waals surface area contributed by atoms with E-state index in [4.69, 9.17) is 0 Å². The van der Waals surface area contributed by atoms with Crippen molar-refractivity contribution in [2.45, 2.75) is 20.3 Å². The Morgan fingerprint density at radius 1 is 1.36 bits per heavy atom. The Labute approximate surface area is 93.4 Å². The van der Waals surface area contributed by atoms with Gasteiger partial charge in [0, 0.05) is 0 Å². The van der Waals surface area contributed by atoms with Gasteiger partial charge in [0.05, 0.1) is 33.7 Å². The Balaban J connectivity index is -0.000000163. The summed E-state index contributed by atoms with van der Waals surface area (Å²) in [5.74, 6) is -1.19. The molecule has 3 nitrogen and oxygen atoms in total. The van der Waals surface area contributed by atoms with Gasteiger partial charge in [0.2, 0.25) is 0 Å². The summed E-state index contributed by atoms with van der Waals surface area (Å²) in [6.07, 6.45) is 1.28. The van der Waals surface area contributed by atoms with E-state index >= 15 is 0 Å². The lowest BCUT2D eigenvalue weighted by molar-refractivity contribution is -0.870. The van der Waals surface area contributed by atoms with Crippen LogP contribution in [0.3, 0.4) is 0 Å². The Morgan fingerprint density at radius 2 is 1.64 bits per heavy atom. The fourth-order valence-corrected chi connectivity index (χ4v) is 0.671. The third kappa shape index (κ3) is 22.5. The molecule has 0 N–H and O–H groups in total. The van der Waals surface area contributed by atoms with E-state index in [0.29, 0.717) is 0 Å². The Kier molecular flexibility index (Phi) is 12.3. The van der Waals surface area contributed by atoms with Crippen LogP contribution < -0.4 is 17.5 Å². The highest BCUT2D eigenvalue weighted by Crippen LogP contribution is 1.90. The first-order valence-corrected chi connectivity index (χ1v) is 4.38.